The van der Waals surface area contributed by atoms with Crippen LogP contribution in [0.5, 0.6) is 0 Å². The van der Waals surface area contributed by atoms with Gasteiger partial charge in [-0.2, -0.15) is 0 Å². The molecule has 0 rings (SSSR count). The van der Waals surface area contributed by atoms with Crippen LogP contribution in [0.3, 0.4) is 0 Å². The molecule has 0 saturated heterocycles. The highest BCUT2D eigenvalue weighted by atomic mass is 16.8. The number of aliphatic hydroxyl groups is 1. The van der Waals surface area contributed by atoms with Crippen LogP contribution in [0.2, 0.25) is 0 Å². The zero-order valence-electron chi connectivity index (χ0n) is 9.20. The maximum absolute atomic E-state index is 9.13. The van der Waals surface area contributed by atoms with E-state index in [0.29, 0.717) is 19.8 Å². The fourth-order valence-corrected chi connectivity index (χ4v) is 0.831. The summed E-state index contributed by atoms with van der Waals surface area (Å²) >= 11 is 0. The molecule has 86 valence electrons. The largest absolute Gasteiger partial charge is 0.379 e. The predicted molar refractivity (Wildman–Crippen MR) is 53.9 cm³/mol. The Labute approximate surface area is 86.2 Å². The molecule has 1 unspecified atom stereocenters. The maximum atomic E-state index is 9.13. The van der Waals surface area contributed by atoms with E-state index in [1.54, 1.807) is 0 Å². The minimum atomic E-state index is -1.10. The highest BCUT2D eigenvalue weighted by Crippen LogP contribution is 1.94. The molecule has 0 heterocycles. The molecule has 0 aliphatic heterocycles. The van der Waals surface area contributed by atoms with Gasteiger partial charge in [0.15, 0.2) is 0 Å². The molecule has 0 aliphatic rings. The summed E-state index contributed by atoms with van der Waals surface area (Å²) in [5, 5.41) is 9.13. The van der Waals surface area contributed by atoms with E-state index in [-0.39, 0.29) is 0 Å². The van der Waals surface area contributed by atoms with Gasteiger partial charge in [-0.25, -0.2) is 0 Å². The summed E-state index contributed by atoms with van der Waals surface area (Å²) in [5.74, 6) is 0. The monoisotopic (exact) mass is 206 g/mol. The van der Waals surface area contributed by atoms with Crippen molar-refractivity contribution in [3.8, 4) is 0 Å². The molecule has 4 heteroatoms. The third kappa shape index (κ3) is 9.92. The van der Waals surface area contributed by atoms with E-state index in [4.69, 9.17) is 19.3 Å². The summed E-state index contributed by atoms with van der Waals surface area (Å²) in [4.78, 5) is 0. The molecule has 0 saturated carbocycles. The van der Waals surface area contributed by atoms with E-state index in [0.717, 1.165) is 25.9 Å². The van der Waals surface area contributed by atoms with Crippen molar-refractivity contribution in [3.05, 3.63) is 0 Å². The Kier molecular flexibility index (Phi) is 10.8. The van der Waals surface area contributed by atoms with Crippen molar-refractivity contribution in [2.45, 2.75) is 39.6 Å². The number of ether oxygens (including phenoxy) is 3. The summed E-state index contributed by atoms with van der Waals surface area (Å²) in [7, 11) is 0. The second-order valence-electron chi connectivity index (χ2n) is 3.01. The Bertz CT molecular complexity index is 108. The standard InChI is InChI=1S/C10H22O4/c1-3-5-7-13-10(11)14-9-8-12-6-4-2/h10-11H,3-9H2,1-2H3. The van der Waals surface area contributed by atoms with E-state index >= 15 is 0 Å². The van der Waals surface area contributed by atoms with Crippen molar-refractivity contribution in [1.82, 2.24) is 0 Å². The molecule has 0 fully saturated rings. The Hall–Kier alpha value is -0.160. The molecule has 4 nitrogen and oxygen atoms in total. The van der Waals surface area contributed by atoms with Gasteiger partial charge in [0.1, 0.15) is 0 Å². The Morgan fingerprint density at radius 3 is 2.29 bits per heavy atom. The number of hydrogen-bond donors (Lipinski definition) is 1. The van der Waals surface area contributed by atoms with Crippen LogP contribution in [-0.4, -0.2) is 38.0 Å². The molecule has 0 spiro atoms. The third-order valence-corrected chi connectivity index (χ3v) is 1.59. The van der Waals surface area contributed by atoms with Crippen molar-refractivity contribution in [1.29, 1.82) is 0 Å². The molecule has 0 aromatic heterocycles. The summed E-state index contributed by atoms with van der Waals surface area (Å²) in [6.45, 7) is 5.14. The van der Waals surface area contributed by atoms with Gasteiger partial charge in [0.2, 0.25) is 0 Å². The summed E-state index contributed by atoms with van der Waals surface area (Å²) in [6.07, 6.45) is 2.98. The van der Waals surface area contributed by atoms with Crippen LogP contribution in [0.25, 0.3) is 0 Å². The summed E-state index contributed by atoms with van der Waals surface area (Å²) in [6, 6.07) is 0. The smallest absolute Gasteiger partial charge is 0.269 e. The van der Waals surface area contributed by atoms with Crippen LogP contribution in [-0.2, 0) is 14.2 Å². The second-order valence-corrected chi connectivity index (χ2v) is 3.01. The van der Waals surface area contributed by atoms with Gasteiger partial charge in [-0.1, -0.05) is 20.3 Å². The lowest BCUT2D eigenvalue weighted by Crippen LogP contribution is -2.19. The van der Waals surface area contributed by atoms with Crippen LogP contribution in [0.4, 0.5) is 0 Å². The fourth-order valence-electron chi connectivity index (χ4n) is 0.831. The second kappa shape index (κ2) is 10.9. The molecule has 0 aliphatic carbocycles. The highest BCUT2D eigenvalue weighted by Gasteiger charge is 2.02. The molecule has 0 aromatic rings. The zero-order chi connectivity index (χ0) is 10.6. The quantitative estimate of drug-likeness (QED) is 0.435. The van der Waals surface area contributed by atoms with Gasteiger partial charge >= 0.3 is 0 Å². The first kappa shape index (κ1) is 13.8. The van der Waals surface area contributed by atoms with Crippen molar-refractivity contribution >= 4 is 0 Å². The lowest BCUT2D eigenvalue weighted by Gasteiger charge is -2.12. The van der Waals surface area contributed by atoms with E-state index in [9.17, 15) is 0 Å². The lowest BCUT2D eigenvalue weighted by molar-refractivity contribution is -0.266. The third-order valence-electron chi connectivity index (χ3n) is 1.59. The SMILES string of the molecule is CCCCOC(O)OCCOCCC. The average Bonchev–Trinajstić information content (AvgIpc) is 2.18. The van der Waals surface area contributed by atoms with Gasteiger partial charge in [-0.15, -0.1) is 0 Å². The zero-order valence-corrected chi connectivity index (χ0v) is 9.20. The van der Waals surface area contributed by atoms with Crippen LogP contribution in [0.15, 0.2) is 0 Å². The molecule has 0 amide bonds. The van der Waals surface area contributed by atoms with Gasteiger partial charge in [0, 0.05) is 6.61 Å². The molecule has 1 N–H and O–H groups in total. The van der Waals surface area contributed by atoms with E-state index in [1.807, 2.05) is 6.92 Å². The van der Waals surface area contributed by atoms with Crippen LogP contribution in [0.1, 0.15) is 33.1 Å². The number of unbranched alkanes of at least 4 members (excludes halogenated alkanes) is 1. The summed E-state index contributed by atoms with van der Waals surface area (Å²) < 4.78 is 15.1. The normalized spacial score (nSPS) is 13.1. The number of rotatable bonds is 10. The van der Waals surface area contributed by atoms with Crippen molar-refractivity contribution < 1.29 is 19.3 Å². The average molecular weight is 206 g/mol. The summed E-state index contributed by atoms with van der Waals surface area (Å²) in [5.41, 5.74) is 0. The molecule has 0 aromatic carbocycles. The lowest BCUT2D eigenvalue weighted by atomic mass is 10.4. The molecular weight excluding hydrogens is 184 g/mol. The Balaban J connectivity index is 3.06. The van der Waals surface area contributed by atoms with Gasteiger partial charge in [0.05, 0.1) is 19.8 Å². The van der Waals surface area contributed by atoms with Crippen LogP contribution >= 0.6 is 0 Å². The van der Waals surface area contributed by atoms with Crippen molar-refractivity contribution in [2.75, 3.05) is 26.4 Å². The minimum Gasteiger partial charge on any atom is -0.379 e. The van der Waals surface area contributed by atoms with Gasteiger partial charge < -0.3 is 19.3 Å². The van der Waals surface area contributed by atoms with Gasteiger partial charge in [-0.05, 0) is 12.8 Å². The number of aliphatic hydroxyl groups excluding tert-OH is 1. The van der Waals surface area contributed by atoms with Gasteiger partial charge in [-0.3, -0.25) is 0 Å². The fraction of sp³-hybridized carbons (Fsp3) is 1.00. The maximum Gasteiger partial charge on any atom is 0.269 e. The van der Waals surface area contributed by atoms with Crippen molar-refractivity contribution in [2.24, 2.45) is 0 Å². The van der Waals surface area contributed by atoms with E-state index < -0.39 is 6.48 Å². The molecule has 0 bridgehead atoms. The highest BCUT2D eigenvalue weighted by molar-refractivity contribution is 4.32. The minimum absolute atomic E-state index is 0.368. The predicted octanol–water partition coefficient (Wildman–Crippen LogP) is 1.52. The molecule has 1 atom stereocenters. The van der Waals surface area contributed by atoms with E-state index in [2.05, 4.69) is 6.92 Å². The van der Waals surface area contributed by atoms with Crippen LogP contribution in [0, 0.1) is 0 Å². The Morgan fingerprint density at radius 2 is 1.64 bits per heavy atom. The van der Waals surface area contributed by atoms with Crippen LogP contribution < -0.4 is 0 Å². The number of hydrogen-bond acceptors (Lipinski definition) is 4. The van der Waals surface area contributed by atoms with Crippen molar-refractivity contribution in [3.63, 3.8) is 0 Å². The van der Waals surface area contributed by atoms with E-state index in [1.165, 1.54) is 0 Å². The Morgan fingerprint density at radius 1 is 0.929 bits per heavy atom. The van der Waals surface area contributed by atoms with Gasteiger partial charge in [0.25, 0.3) is 6.48 Å². The molecule has 0 radical (unpaired) electrons. The first-order valence-corrected chi connectivity index (χ1v) is 5.30. The molecule has 14 heavy (non-hydrogen) atoms. The first-order chi connectivity index (χ1) is 6.81. The molecular formula is C10H22O4. The topological polar surface area (TPSA) is 47.9 Å². The first-order valence-electron chi connectivity index (χ1n) is 5.30.